The lowest BCUT2D eigenvalue weighted by molar-refractivity contribution is 0.0536. The van der Waals surface area contributed by atoms with Crippen LogP contribution in [0, 0.1) is 12.8 Å². The molecule has 0 amide bonds. The summed E-state index contributed by atoms with van der Waals surface area (Å²) in [5.74, 6) is 1.56. The van der Waals surface area contributed by atoms with Gasteiger partial charge in [0.25, 0.3) is 0 Å². The van der Waals surface area contributed by atoms with Gasteiger partial charge >= 0.3 is 0 Å². The highest BCUT2D eigenvalue weighted by molar-refractivity contribution is 7.11. The molecule has 2 heterocycles. The molecule has 1 aromatic heterocycles. The van der Waals surface area contributed by atoms with Gasteiger partial charge in [0.15, 0.2) is 5.96 Å². The first-order valence-corrected chi connectivity index (χ1v) is 8.98. The van der Waals surface area contributed by atoms with Crippen molar-refractivity contribution in [3.8, 4) is 0 Å². The molecule has 0 radical (unpaired) electrons. The third-order valence-electron chi connectivity index (χ3n) is 3.87. The Morgan fingerprint density at radius 3 is 3.09 bits per heavy atom. The van der Waals surface area contributed by atoms with Crippen molar-refractivity contribution >= 4 is 17.3 Å². The van der Waals surface area contributed by atoms with Crippen LogP contribution in [0.1, 0.15) is 16.3 Å². The van der Waals surface area contributed by atoms with E-state index >= 15 is 0 Å². The van der Waals surface area contributed by atoms with Crippen LogP contribution in [-0.2, 0) is 15.9 Å². The van der Waals surface area contributed by atoms with E-state index in [1.165, 1.54) is 9.88 Å². The van der Waals surface area contributed by atoms with Crippen LogP contribution in [0.3, 0.4) is 0 Å². The number of methoxy groups -OCH3 is 1. The molecule has 0 aromatic carbocycles. The molecule has 1 N–H and O–H groups in total. The molecular formula is C16H28N4O2S. The van der Waals surface area contributed by atoms with Gasteiger partial charge in [-0.3, -0.25) is 4.99 Å². The second-order valence-corrected chi connectivity index (χ2v) is 7.08. The first kappa shape index (κ1) is 18.2. The zero-order valence-electron chi connectivity index (χ0n) is 14.4. The molecule has 1 saturated heterocycles. The van der Waals surface area contributed by atoms with Crippen molar-refractivity contribution in [3.63, 3.8) is 0 Å². The molecular weight excluding hydrogens is 312 g/mol. The average molecular weight is 340 g/mol. The number of aryl methyl sites for hydroxylation is 1. The molecule has 0 saturated carbocycles. The van der Waals surface area contributed by atoms with Gasteiger partial charge in [-0.1, -0.05) is 0 Å². The van der Waals surface area contributed by atoms with Crippen molar-refractivity contribution in [2.24, 2.45) is 10.9 Å². The third-order valence-corrected chi connectivity index (χ3v) is 4.85. The molecule has 6 nitrogen and oxygen atoms in total. The maximum Gasteiger partial charge on any atom is 0.193 e. The molecule has 0 bridgehead atoms. The lowest BCUT2D eigenvalue weighted by Gasteiger charge is -2.21. The average Bonchev–Trinajstić information content (AvgIpc) is 3.17. The van der Waals surface area contributed by atoms with Crippen LogP contribution in [0.4, 0.5) is 0 Å². The van der Waals surface area contributed by atoms with Gasteiger partial charge < -0.3 is 19.7 Å². The lowest BCUT2D eigenvalue weighted by Crippen LogP contribution is -2.41. The topological polar surface area (TPSA) is 59.0 Å². The van der Waals surface area contributed by atoms with Gasteiger partial charge in [0.2, 0.25) is 0 Å². The fourth-order valence-corrected chi connectivity index (χ4v) is 3.47. The Kier molecular flexibility index (Phi) is 7.78. The number of hydrogen-bond acceptors (Lipinski definition) is 5. The fourth-order valence-electron chi connectivity index (χ4n) is 2.68. The van der Waals surface area contributed by atoms with Crippen molar-refractivity contribution in [1.82, 2.24) is 15.2 Å². The van der Waals surface area contributed by atoms with Gasteiger partial charge in [0, 0.05) is 57.2 Å². The summed E-state index contributed by atoms with van der Waals surface area (Å²) in [6.45, 7) is 7.13. The van der Waals surface area contributed by atoms with Crippen molar-refractivity contribution in [2.45, 2.75) is 19.8 Å². The molecule has 2 rings (SSSR count). The number of aromatic nitrogens is 1. The molecule has 0 aliphatic carbocycles. The number of rotatable bonds is 8. The van der Waals surface area contributed by atoms with E-state index in [-0.39, 0.29) is 0 Å². The summed E-state index contributed by atoms with van der Waals surface area (Å²) in [5, 5.41) is 4.62. The number of aliphatic imine (C=N–C) groups is 1. The minimum atomic E-state index is 0.576. The summed E-state index contributed by atoms with van der Waals surface area (Å²) in [5.41, 5.74) is 0. The van der Waals surface area contributed by atoms with Crippen LogP contribution in [0.15, 0.2) is 11.2 Å². The minimum absolute atomic E-state index is 0.576. The Bertz CT molecular complexity index is 492. The van der Waals surface area contributed by atoms with Crippen LogP contribution in [0.25, 0.3) is 0 Å². The Morgan fingerprint density at radius 2 is 2.39 bits per heavy atom. The third kappa shape index (κ3) is 6.08. The lowest BCUT2D eigenvalue weighted by atomic mass is 10.1. The normalized spacial score (nSPS) is 18.7. The van der Waals surface area contributed by atoms with E-state index in [2.05, 4.69) is 27.1 Å². The monoisotopic (exact) mass is 340 g/mol. The standard InChI is InChI=1S/C16H28N4O2S/c1-13-10-19-15(23-13)4-6-18-16(17-2)20-7-5-14(11-20)12-22-9-8-21-3/h10,14H,4-9,11-12H2,1-3H3,(H,17,18). The van der Waals surface area contributed by atoms with Crippen molar-refractivity contribution in [3.05, 3.63) is 16.1 Å². The predicted molar refractivity (Wildman–Crippen MR) is 94.3 cm³/mol. The minimum Gasteiger partial charge on any atom is -0.382 e. The molecule has 1 aliphatic rings. The van der Waals surface area contributed by atoms with E-state index in [1.54, 1.807) is 18.4 Å². The molecule has 7 heteroatoms. The van der Waals surface area contributed by atoms with Gasteiger partial charge in [-0.05, 0) is 13.3 Å². The Labute approximate surface area is 142 Å². The molecule has 1 unspecified atom stereocenters. The zero-order chi connectivity index (χ0) is 16.5. The van der Waals surface area contributed by atoms with E-state index < -0.39 is 0 Å². The van der Waals surface area contributed by atoms with Crippen molar-refractivity contribution < 1.29 is 9.47 Å². The Balaban J connectivity index is 1.67. The van der Waals surface area contributed by atoms with Gasteiger partial charge in [0.1, 0.15) is 0 Å². The van der Waals surface area contributed by atoms with E-state index in [4.69, 9.17) is 9.47 Å². The van der Waals surface area contributed by atoms with Crippen LogP contribution in [0.5, 0.6) is 0 Å². The van der Waals surface area contributed by atoms with Crippen LogP contribution < -0.4 is 5.32 Å². The zero-order valence-corrected chi connectivity index (χ0v) is 15.2. The summed E-state index contributed by atoms with van der Waals surface area (Å²) in [6, 6.07) is 0. The first-order chi connectivity index (χ1) is 11.2. The molecule has 23 heavy (non-hydrogen) atoms. The van der Waals surface area contributed by atoms with Crippen LogP contribution in [-0.4, -0.2) is 69.5 Å². The molecule has 130 valence electrons. The van der Waals surface area contributed by atoms with Gasteiger partial charge in [-0.25, -0.2) is 4.98 Å². The van der Waals surface area contributed by atoms with Crippen LogP contribution in [0.2, 0.25) is 0 Å². The van der Waals surface area contributed by atoms with E-state index in [9.17, 15) is 0 Å². The number of hydrogen-bond donors (Lipinski definition) is 1. The Hall–Kier alpha value is -1.18. The van der Waals surface area contributed by atoms with Crippen molar-refractivity contribution in [1.29, 1.82) is 0 Å². The number of nitrogens with one attached hydrogen (secondary N) is 1. The van der Waals surface area contributed by atoms with E-state index in [0.717, 1.165) is 45.0 Å². The number of ether oxygens (including phenoxy) is 2. The Morgan fingerprint density at radius 1 is 1.52 bits per heavy atom. The molecule has 1 aliphatic heterocycles. The molecule has 1 fully saturated rings. The second kappa shape index (κ2) is 9.85. The maximum absolute atomic E-state index is 5.64. The van der Waals surface area contributed by atoms with Gasteiger partial charge in [-0.15, -0.1) is 11.3 Å². The van der Waals surface area contributed by atoms with Gasteiger partial charge in [-0.2, -0.15) is 0 Å². The fraction of sp³-hybridized carbons (Fsp3) is 0.750. The first-order valence-electron chi connectivity index (χ1n) is 8.16. The smallest absolute Gasteiger partial charge is 0.193 e. The molecule has 0 spiro atoms. The predicted octanol–water partition coefficient (Wildman–Crippen LogP) is 1.55. The number of likely N-dealkylation sites (tertiary alicyclic amines) is 1. The highest BCUT2D eigenvalue weighted by Gasteiger charge is 2.24. The molecule has 1 atom stereocenters. The summed E-state index contributed by atoms with van der Waals surface area (Å²) >= 11 is 1.76. The van der Waals surface area contributed by atoms with E-state index in [1.807, 2.05) is 13.2 Å². The van der Waals surface area contributed by atoms with Crippen LogP contribution >= 0.6 is 11.3 Å². The van der Waals surface area contributed by atoms with E-state index in [0.29, 0.717) is 19.1 Å². The summed E-state index contributed by atoms with van der Waals surface area (Å²) in [4.78, 5) is 12.4. The highest BCUT2D eigenvalue weighted by atomic mass is 32.1. The summed E-state index contributed by atoms with van der Waals surface area (Å²) < 4.78 is 10.6. The second-order valence-electron chi connectivity index (χ2n) is 5.76. The number of guanidine groups is 1. The summed E-state index contributed by atoms with van der Waals surface area (Å²) in [7, 11) is 3.54. The SMILES string of the molecule is CN=C(NCCc1ncc(C)s1)N1CCC(COCCOC)C1. The highest BCUT2D eigenvalue weighted by Crippen LogP contribution is 2.16. The number of nitrogens with zero attached hydrogens (tertiary/aromatic N) is 3. The maximum atomic E-state index is 5.64. The largest absolute Gasteiger partial charge is 0.382 e. The quantitative estimate of drug-likeness (QED) is 0.442. The van der Waals surface area contributed by atoms with Gasteiger partial charge in [0.05, 0.1) is 24.8 Å². The van der Waals surface area contributed by atoms with Crippen molar-refractivity contribution in [2.75, 3.05) is 53.6 Å². The summed E-state index contributed by atoms with van der Waals surface area (Å²) in [6.07, 6.45) is 4.03. The molecule has 1 aromatic rings. The number of thiazole rings is 1.